The first-order chi connectivity index (χ1) is 8.37. The quantitative estimate of drug-likeness (QED) is 0.593. The van der Waals surface area contributed by atoms with Crippen molar-refractivity contribution in [2.75, 3.05) is 13.1 Å². The maximum Gasteiger partial charge on any atom is 0.415 e. The minimum atomic E-state index is -4.96. The first-order valence-corrected chi connectivity index (χ1v) is 5.28. The van der Waals surface area contributed by atoms with Crippen molar-refractivity contribution in [2.45, 2.75) is 31.2 Å². The fraction of sp³-hybridized carbons (Fsp3) is 0.700. The fourth-order valence-corrected chi connectivity index (χ4v) is 1.56. The van der Waals surface area contributed by atoms with Gasteiger partial charge in [-0.2, -0.15) is 26.3 Å². The Kier molecular flexibility index (Phi) is 3.91. The van der Waals surface area contributed by atoms with Crippen molar-refractivity contribution in [3.63, 3.8) is 0 Å². The van der Waals surface area contributed by atoms with Crippen LogP contribution < -0.4 is 5.73 Å². The van der Waals surface area contributed by atoms with Gasteiger partial charge in [-0.15, -0.1) is 0 Å². The Morgan fingerprint density at radius 2 is 1.79 bits per heavy atom. The average Bonchev–Trinajstić information content (AvgIpc) is 2.25. The molecular formula is C10H12F6N2O. The summed E-state index contributed by atoms with van der Waals surface area (Å²) in [5.74, 6) is -1.43. The van der Waals surface area contributed by atoms with E-state index in [0.29, 0.717) is 17.9 Å². The zero-order valence-electron chi connectivity index (χ0n) is 9.90. The lowest BCUT2D eigenvalue weighted by molar-refractivity contribution is -0.193. The number of amides is 1. The van der Waals surface area contributed by atoms with Gasteiger partial charge >= 0.3 is 12.4 Å². The highest BCUT2D eigenvalue weighted by Crippen LogP contribution is 2.33. The van der Waals surface area contributed by atoms with Crippen molar-refractivity contribution in [1.82, 2.24) is 4.90 Å². The second-order valence-corrected chi connectivity index (χ2v) is 4.43. The van der Waals surface area contributed by atoms with E-state index in [0.717, 1.165) is 0 Å². The third-order valence-corrected chi connectivity index (χ3v) is 2.89. The molecule has 1 unspecified atom stereocenters. The summed E-state index contributed by atoms with van der Waals surface area (Å²) in [7, 11) is 0. The summed E-state index contributed by atoms with van der Waals surface area (Å²) in [4.78, 5) is 12.3. The van der Waals surface area contributed by atoms with E-state index >= 15 is 0 Å². The van der Waals surface area contributed by atoms with Gasteiger partial charge in [-0.05, 0) is 13.3 Å². The lowest BCUT2D eigenvalue weighted by Crippen LogP contribution is -2.62. The van der Waals surface area contributed by atoms with Crippen molar-refractivity contribution in [3.8, 4) is 0 Å². The van der Waals surface area contributed by atoms with Gasteiger partial charge in [0.05, 0.1) is 0 Å². The molecule has 1 amide bonds. The summed E-state index contributed by atoms with van der Waals surface area (Å²) in [6, 6.07) is 0. The molecule has 1 aliphatic rings. The maximum absolute atomic E-state index is 12.5. The van der Waals surface area contributed by atoms with E-state index in [1.165, 1.54) is 0 Å². The van der Waals surface area contributed by atoms with Gasteiger partial charge in [0.1, 0.15) is 0 Å². The Labute approximate surface area is 105 Å². The molecule has 2 N–H and O–H groups in total. The molecule has 0 fully saturated rings. The first-order valence-electron chi connectivity index (χ1n) is 5.28. The van der Waals surface area contributed by atoms with Gasteiger partial charge in [-0.1, -0.05) is 6.08 Å². The van der Waals surface area contributed by atoms with E-state index in [2.05, 4.69) is 0 Å². The van der Waals surface area contributed by atoms with Gasteiger partial charge in [-0.3, -0.25) is 4.79 Å². The predicted molar refractivity (Wildman–Crippen MR) is 54.0 cm³/mol. The highest BCUT2D eigenvalue weighted by Gasteiger charge is 2.55. The average molecular weight is 290 g/mol. The van der Waals surface area contributed by atoms with Crippen LogP contribution in [-0.4, -0.2) is 41.8 Å². The van der Waals surface area contributed by atoms with Gasteiger partial charge < -0.3 is 10.6 Å². The molecule has 0 aromatic rings. The summed E-state index contributed by atoms with van der Waals surface area (Å²) in [6.07, 6.45) is -9.32. The number of hydrogen-bond acceptors (Lipinski definition) is 2. The Morgan fingerprint density at radius 3 is 2.11 bits per heavy atom. The SMILES string of the molecule is CC(N)(C(=O)N1CC=C(C(F)(F)F)CC1)C(F)(F)F. The molecule has 0 bridgehead atoms. The first kappa shape index (κ1) is 15.8. The third-order valence-electron chi connectivity index (χ3n) is 2.89. The molecule has 0 aliphatic carbocycles. The maximum atomic E-state index is 12.5. The van der Waals surface area contributed by atoms with Gasteiger partial charge in [0, 0.05) is 18.7 Å². The van der Waals surface area contributed by atoms with E-state index in [1.54, 1.807) is 0 Å². The smallest absolute Gasteiger partial charge is 0.337 e. The standard InChI is InChI=1S/C10H12F6N2O/c1-8(17,10(14,15)16)7(19)18-4-2-6(3-5-18)9(11,12)13/h2H,3-5,17H2,1H3. The number of carbonyl (C=O) groups excluding carboxylic acids is 1. The number of carbonyl (C=O) groups is 1. The molecule has 0 saturated carbocycles. The van der Waals surface area contributed by atoms with Crippen molar-refractivity contribution >= 4 is 5.91 Å². The Hall–Kier alpha value is -1.25. The van der Waals surface area contributed by atoms with Crippen molar-refractivity contribution in [2.24, 2.45) is 5.73 Å². The van der Waals surface area contributed by atoms with Crippen LogP contribution >= 0.6 is 0 Å². The third kappa shape index (κ3) is 3.20. The zero-order chi connectivity index (χ0) is 15.1. The molecule has 1 aliphatic heterocycles. The Morgan fingerprint density at radius 1 is 1.26 bits per heavy atom. The van der Waals surface area contributed by atoms with Crippen molar-refractivity contribution in [1.29, 1.82) is 0 Å². The number of hydrogen-bond donors (Lipinski definition) is 1. The normalized spacial score (nSPS) is 20.8. The van der Waals surface area contributed by atoms with E-state index in [9.17, 15) is 31.1 Å². The number of nitrogens with zero attached hydrogens (tertiary/aromatic N) is 1. The molecule has 1 atom stereocenters. The minimum absolute atomic E-state index is 0.437. The van der Waals surface area contributed by atoms with Crippen LogP contribution in [0.4, 0.5) is 26.3 Å². The second-order valence-electron chi connectivity index (χ2n) is 4.43. The topological polar surface area (TPSA) is 46.3 Å². The van der Waals surface area contributed by atoms with Gasteiger partial charge in [0.15, 0.2) is 5.54 Å². The molecule has 19 heavy (non-hydrogen) atoms. The predicted octanol–water partition coefficient (Wildman–Crippen LogP) is 1.99. The number of rotatable bonds is 1. The largest absolute Gasteiger partial charge is 0.415 e. The summed E-state index contributed by atoms with van der Waals surface area (Å²) >= 11 is 0. The van der Waals surface area contributed by atoms with E-state index in [1.807, 2.05) is 0 Å². The molecular weight excluding hydrogens is 278 g/mol. The highest BCUT2D eigenvalue weighted by molar-refractivity contribution is 5.87. The monoisotopic (exact) mass is 290 g/mol. The molecule has 0 saturated heterocycles. The van der Waals surface area contributed by atoms with E-state index in [-0.39, 0.29) is 0 Å². The molecule has 0 aromatic heterocycles. The number of nitrogens with two attached hydrogens (primary N) is 1. The van der Waals surface area contributed by atoms with Crippen LogP contribution in [0.3, 0.4) is 0 Å². The van der Waals surface area contributed by atoms with E-state index in [4.69, 9.17) is 5.73 Å². The van der Waals surface area contributed by atoms with Crippen LogP contribution in [-0.2, 0) is 4.79 Å². The molecule has 9 heteroatoms. The lowest BCUT2D eigenvalue weighted by atomic mass is 9.99. The summed E-state index contributed by atoms with van der Waals surface area (Å²) < 4.78 is 74.6. The molecule has 3 nitrogen and oxygen atoms in total. The summed E-state index contributed by atoms with van der Waals surface area (Å²) in [5, 5.41) is 0. The van der Waals surface area contributed by atoms with Crippen LogP contribution in [0.25, 0.3) is 0 Å². The zero-order valence-corrected chi connectivity index (χ0v) is 9.90. The lowest BCUT2D eigenvalue weighted by Gasteiger charge is -2.34. The fourth-order valence-electron chi connectivity index (χ4n) is 1.56. The van der Waals surface area contributed by atoms with Gasteiger partial charge in [-0.25, -0.2) is 0 Å². The van der Waals surface area contributed by atoms with E-state index < -0.39 is 48.9 Å². The second kappa shape index (κ2) is 4.69. The number of alkyl halides is 6. The van der Waals surface area contributed by atoms with Crippen LogP contribution in [0.5, 0.6) is 0 Å². The van der Waals surface area contributed by atoms with Crippen molar-refractivity contribution < 1.29 is 31.1 Å². The van der Waals surface area contributed by atoms with Gasteiger partial charge in [0.25, 0.3) is 5.91 Å². The Bertz CT molecular complexity index is 396. The Balaban J connectivity index is 2.82. The summed E-state index contributed by atoms with van der Waals surface area (Å²) in [5.41, 5.74) is 0.984. The highest BCUT2D eigenvalue weighted by atomic mass is 19.4. The summed E-state index contributed by atoms with van der Waals surface area (Å²) in [6.45, 7) is -0.470. The molecule has 1 heterocycles. The van der Waals surface area contributed by atoms with Crippen LogP contribution in [0.15, 0.2) is 11.6 Å². The van der Waals surface area contributed by atoms with Crippen LogP contribution in [0, 0.1) is 0 Å². The molecule has 0 aromatic carbocycles. The van der Waals surface area contributed by atoms with Gasteiger partial charge in [0.2, 0.25) is 0 Å². The molecule has 110 valence electrons. The van der Waals surface area contributed by atoms with Crippen molar-refractivity contribution in [3.05, 3.63) is 11.6 Å². The molecule has 1 rings (SSSR count). The number of halogens is 6. The molecule has 0 spiro atoms. The minimum Gasteiger partial charge on any atom is -0.337 e. The van der Waals surface area contributed by atoms with Crippen LogP contribution in [0.1, 0.15) is 13.3 Å². The van der Waals surface area contributed by atoms with Crippen LogP contribution in [0.2, 0.25) is 0 Å². The molecule has 0 radical (unpaired) electrons.